The lowest BCUT2D eigenvalue weighted by Gasteiger charge is -2.33. The van der Waals surface area contributed by atoms with E-state index in [4.69, 9.17) is 14.2 Å². The first-order valence-electron chi connectivity index (χ1n) is 5.20. The minimum absolute atomic E-state index is 0.291. The Bertz CT molecular complexity index is 247. The third-order valence-corrected chi connectivity index (χ3v) is 3.45. The van der Waals surface area contributed by atoms with E-state index in [2.05, 4.69) is 0 Å². The molecular weight excluding hydrogens is 184 g/mol. The maximum atomic E-state index is 10.5. The summed E-state index contributed by atoms with van der Waals surface area (Å²) in [5.74, 6) is 0. The van der Waals surface area contributed by atoms with Crippen molar-refractivity contribution in [3.8, 4) is 0 Å². The summed E-state index contributed by atoms with van der Waals surface area (Å²) < 4.78 is 15.9. The Morgan fingerprint density at radius 1 is 1.50 bits per heavy atom. The molecule has 3 rings (SSSR count). The van der Waals surface area contributed by atoms with Crippen molar-refractivity contribution in [2.75, 3.05) is 6.61 Å². The number of fused-ring (bicyclic) bond motifs is 1. The van der Waals surface area contributed by atoms with Crippen molar-refractivity contribution in [1.29, 1.82) is 0 Å². The van der Waals surface area contributed by atoms with Crippen LogP contribution in [0.1, 0.15) is 25.7 Å². The smallest absolute Gasteiger partial charge is 0.293 e. The highest BCUT2D eigenvalue weighted by Gasteiger charge is 2.53. The lowest BCUT2D eigenvalue weighted by molar-refractivity contribution is -0.147. The third kappa shape index (κ3) is 1.53. The van der Waals surface area contributed by atoms with Crippen LogP contribution in [0.4, 0.5) is 0 Å². The molecule has 2 saturated heterocycles. The van der Waals surface area contributed by atoms with Gasteiger partial charge in [0.25, 0.3) is 6.47 Å². The van der Waals surface area contributed by atoms with E-state index in [1.807, 2.05) is 0 Å². The van der Waals surface area contributed by atoms with Gasteiger partial charge in [0.15, 0.2) is 0 Å². The molecule has 0 aromatic carbocycles. The largest absolute Gasteiger partial charge is 0.461 e. The van der Waals surface area contributed by atoms with Gasteiger partial charge in [0.2, 0.25) is 0 Å². The monoisotopic (exact) mass is 198 g/mol. The van der Waals surface area contributed by atoms with Crippen molar-refractivity contribution >= 4 is 6.47 Å². The fraction of sp³-hybridized carbons (Fsp3) is 0.900. The fourth-order valence-electron chi connectivity index (χ4n) is 2.53. The zero-order valence-electron chi connectivity index (χ0n) is 7.98. The van der Waals surface area contributed by atoms with Crippen LogP contribution < -0.4 is 0 Å². The Morgan fingerprint density at radius 2 is 2.36 bits per heavy atom. The molecular formula is C10H14O4. The maximum absolute atomic E-state index is 10.5. The summed E-state index contributed by atoms with van der Waals surface area (Å²) in [5.41, 5.74) is -0.291. The van der Waals surface area contributed by atoms with Gasteiger partial charge < -0.3 is 14.2 Å². The van der Waals surface area contributed by atoms with Crippen LogP contribution in [0, 0.1) is 0 Å². The number of hydrogen-bond acceptors (Lipinski definition) is 4. The van der Waals surface area contributed by atoms with Crippen molar-refractivity contribution in [3.05, 3.63) is 0 Å². The molecule has 0 aromatic heterocycles. The fourth-order valence-corrected chi connectivity index (χ4v) is 2.53. The third-order valence-electron chi connectivity index (χ3n) is 3.45. The molecule has 1 aliphatic carbocycles. The second kappa shape index (κ2) is 2.94. The molecule has 14 heavy (non-hydrogen) atoms. The molecule has 0 spiro atoms. The van der Waals surface area contributed by atoms with Crippen LogP contribution >= 0.6 is 0 Å². The first kappa shape index (κ1) is 8.68. The summed E-state index contributed by atoms with van der Waals surface area (Å²) in [6, 6.07) is 0. The zero-order chi connectivity index (χ0) is 9.60. The summed E-state index contributed by atoms with van der Waals surface area (Å²) in [6.07, 6.45) is 4.73. The Morgan fingerprint density at radius 3 is 3.00 bits per heavy atom. The van der Waals surface area contributed by atoms with Gasteiger partial charge in [-0.2, -0.15) is 0 Å². The van der Waals surface area contributed by atoms with Crippen molar-refractivity contribution in [3.63, 3.8) is 0 Å². The second-order valence-corrected chi connectivity index (χ2v) is 4.51. The zero-order valence-corrected chi connectivity index (χ0v) is 7.98. The lowest BCUT2D eigenvalue weighted by atomic mass is 9.81. The standard InChI is InChI=1S/C10H14O4/c11-6-13-10(3-7-5-12-7)2-1-8-9(4-10)14-8/h6-9H,1-5H2. The van der Waals surface area contributed by atoms with Crippen LogP contribution in [0.2, 0.25) is 0 Å². The van der Waals surface area contributed by atoms with Crippen LogP contribution in [-0.2, 0) is 19.0 Å². The van der Waals surface area contributed by atoms with E-state index in [9.17, 15) is 4.79 Å². The Labute approximate surface area is 82.5 Å². The average molecular weight is 198 g/mol. The molecule has 2 heterocycles. The van der Waals surface area contributed by atoms with Crippen molar-refractivity contribution < 1.29 is 19.0 Å². The van der Waals surface area contributed by atoms with Gasteiger partial charge in [0, 0.05) is 12.8 Å². The van der Waals surface area contributed by atoms with Gasteiger partial charge in [-0.15, -0.1) is 0 Å². The molecule has 0 bridgehead atoms. The molecule has 78 valence electrons. The number of epoxide rings is 2. The molecule has 4 atom stereocenters. The Kier molecular flexibility index (Phi) is 1.82. The van der Waals surface area contributed by atoms with Gasteiger partial charge in [0.05, 0.1) is 24.9 Å². The SMILES string of the molecule is O=COC1(CC2CO2)CCC2OC2C1. The minimum Gasteiger partial charge on any atom is -0.461 e. The van der Waals surface area contributed by atoms with Gasteiger partial charge in [0.1, 0.15) is 5.60 Å². The van der Waals surface area contributed by atoms with Gasteiger partial charge in [-0.25, -0.2) is 0 Å². The molecule has 4 nitrogen and oxygen atoms in total. The van der Waals surface area contributed by atoms with E-state index in [-0.39, 0.29) is 5.60 Å². The predicted molar refractivity (Wildman–Crippen MR) is 46.7 cm³/mol. The molecule has 0 amide bonds. The number of carbonyl (C=O) groups is 1. The Balaban J connectivity index is 1.68. The molecule has 3 aliphatic rings. The summed E-state index contributed by atoms with van der Waals surface area (Å²) in [7, 11) is 0. The maximum Gasteiger partial charge on any atom is 0.293 e. The molecule has 4 unspecified atom stereocenters. The van der Waals surface area contributed by atoms with E-state index in [0.29, 0.717) is 24.8 Å². The first-order valence-corrected chi connectivity index (χ1v) is 5.20. The lowest BCUT2D eigenvalue weighted by Crippen LogP contribution is -2.39. The van der Waals surface area contributed by atoms with Gasteiger partial charge in [-0.3, -0.25) is 4.79 Å². The van der Waals surface area contributed by atoms with E-state index < -0.39 is 0 Å². The Hall–Kier alpha value is -0.610. The van der Waals surface area contributed by atoms with E-state index in [1.165, 1.54) is 0 Å². The van der Waals surface area contributed by atoms with Crippen LogP contribution in [0.3, 0.4) is 0 Å². The van der Waals surface area contributed by atoms with Gasteiger partial charge in [-0.1, -0.05) is 0 Å². The molecule has 0 N–H and O–H groups in total. The van der Waals surface area contributed by atoms with Crippen molar-refractivity contribution in [2.45, 2.75) is 49.6 Å². The van der Waals surface area contributed by atoms with Crippen molar-refractivity contribution in [2.24, 2.45) is 0 Å². The highest BCUT2D eigenvalue weighted by atomic mass is 16.6. The van der Waals surface area contributed by atoms with Crippen LogP contribution in [0.5, 0.6) is 0 Å². The van der Waals surface area contributed by atoms with Gasteiger partial charge in [-0.05, 0) is 12.8 Å². The molecule has 1 saturated carbocycles. The minimum atomic E-state index is -0.291. The van der Waals surface area contributed by atoms with E-state index in [0.717, 1.165) is 32.3 Å². The number of ether oxygens (including phenoxy) is 3. The summed E-state index contributed by atoms with van der Waals surface area (Å²) in [5, 5.41) is 0. The topological polar surface area (TPSA) is 51.4 Å². The number of carbonyl (C=O) groups excluding carboxylic acids is 1. The second-order valence-electron chi connectivity index (χ2n) is 4.51. The van der Waals surface area contributed by atoms with Crippen LogP contribution in [-0.4, -0.2) is 37.0 Å². The van der Waals surface area contributed by atoms with Crippen molar-refractivity contribution in [1.82, 2.24) is 0 Å². The van der Waals surface area contributed by atoms with Gasteiger partial charge >= 0.3 is 0 Å². The molecule has 4 heteroatoms. The van der Waals surface area contributed by atoms with E-state index >= 15 is 0 Å². The summed E-state index contributed by atoms with van der Waals surface area (Å²) in [4.78, 5) is 10.5. The normalized spacial score (nSPS) is 49.3. The first-order chi connectivity index (χ1) is 6.81. The quantitative estimate of drug-likeness (QED) is 0.491. The number of rotatable bonds is 4. The predicted octanol–water partition coefficient (Wildman–Crippen LogP) is 0.638. The number of hydrogen-bond donors (Lipinski definition) is 0. The molecule has 3 fully saturated rings. The highest BCUT2D eigenvalue weighted by molar-refractivity contribution is 5.38. The van der Waals surface area contributed by atoms with Crippen LogP contribution in [0.25, 0.3) is 0 Å². The molecule has 0 radical (unpaired) electrons. The summed E-state index contributed by atoms with van der Waals surface area (Å²) >= 11 is 0. The average Bonchev–Trinajstić information content (AvgIpc) is 2.99. The molecule has 2 aliphatic heterocycles. The van der Waals surface area contributed by atoms with E-state index in [1.54, 1.807) is 0 Å². The highest BCUT2D eigenvalue weighted by Crippen LogP contribution is 2.46. The molecule has 0 aromatic rings. The summed E-state index contributed by atoms with van der Waals surface area (Å²) in [6.45, 7) is 1.39. The van der Waals surface area contributed by atoms with Crippen LogP contribution in [0.15, 0.2) is 0 Å².